The van der Waals surface area contributed by atoms with Crippen LogP contribution in [0.5, 0.6) is 11.5 Å². The molecule has 1 unspecified atom stereocenters. The molecule has 0 saturated carbocycles. The molecule has 0 bridgehead atoms. The lowest BCUT2D eigenvalue weighted by Gasteiger charge is -2.40. The lowest BCUT2D eigenvalue weighted by molar-refractivity contribution is 0.171. The van der Waals surface area contributed by atoms with Crippen LogP contribution in [0.2, 0.25) is 0 Å². The zero-order chi connectivity index (χ0) is 21.6. The van der Waals surface area contributed by atoms with Gasteiger partial charge >= 0.3 is 0 Å². The summed E-state index contributed by atoms with van der Waals surface area (Å²) in [6.07, 6.45) is 0. The zero-order valence-electron chi connectivity index (χ0n) is 18.6. The molecule has 1 aromatic carbocycles. The average molecular weight is 423 g/mol. The quantitative estimate of drug-likeness (QED) is 0.677. The molecule has 0 aliphatic carbocycles. The fourth-order valence-electron chi connectivity index (χ4n) is 4.09. The number of aromatic nitrogens is 4. The Labute approximate surface area is 182 Å². The van der Waals surface area contributed by atoms with E-state index in [2.05, 4.69) is 60.2 Å². The fraction of sp³-hybridized carbons (Fsp3) is 0.522. The Kier molecular flexibility index (Phi) is 4.97. The Morgan fingerprint density at radius 2 is 1.84 bits per heavy atom. The summed E-state index contributed by atoms with van der Waals surface area (Å²) in [4.78, 5) is 2.31. The minimum absolute atomic E-state index is 0.101. The van der Waals surface area contributed by atoms with Gasteiger partial charge in [-0.3, -0.25) is 0 Å². The highest BCUT2D eigenvalue weighted by molar-refractivity contribution is 5.48. The lowest BCUT2D eigenvalue weighted by atomic mass is 9.96. The maximum atomic E-state index is 5.71. The second kappa shape index (κ2) is 7.67. The van der Waals surface area contributed by atoms with Crippen LogP contribution in [0.1, 0.15) is 45.1 Å². The lowest BCUT2D eigenvalue weighted by Crippen LogP contribution is -2.51. The van der Waals surface area contributed by atoms with E-state index in [0.717, 1.165) is 48.4 Å². The molecule has 0 spiro atoms. The second-order valence-electron chi connectivity index (χ2n) is 9.54. The Hall–Kier alpha value is -2.87. The van der Waals surface area contributed by atoms with Gasteiger partial charge < -0.3 is 19.7 Å². The molecule has 0 radical (unpaired) electrons. The van der Waals surface area contributed by atoms with Gasteiger partial charge in [-0.15, -0.1) is 15.3 Å². The van der Waals surface area contributed by atoms with E-state index in [-0.39, 0.29) is 11.5 Å². The van der Waals surface area contributed by atoms with Crippen molar-refractivity contribution >= 4 is 11.5 Å². The third-order valence-corrected chi connectivity index (χ3v) is 5.98. The molecule has 1 N–H and O–H groups in total. The molecule has 2 aliphatic heterocycles. The molecule has 0 amide bonds. The maximum Gasteiger partial charge on any atom is 0.178 e. The fourth-order valence-corrected chi connectivity index (χ4v) is 4.09. The monoisotopic (exact) mass is 422 g/mol. The van der Waals surface area contributed by atoms with E-state index in [1.165, 1.54) is 5.56 Å². The predicted octanol–water partition coefficient (Wildman–Crippen LogP) is 2.98. The Morgan fingerprint density at radius 1 is 1.06 bits per heavy atom. The molecular formula is C23H30N6O2. The van der Waals surface area contributed by atoms with E-state index in [0.29, 0.717) is 19.1 Å². The number of hydrogen-bond donors (Lipinski definition) is 1. The normalized spacial score (nSPS) is 17.6. The van der Waals surface area contributed by atoms with E-state index >= 15 is 0 Å². The van der Waals surface area contributed by atoms with Crippen molar-refractivity contribution in [2.24, 2.45) is 5.92 Å². The highest BCUT2D eigenvalue weighted by Crippen LogP contribution is 2.33. The molecule has 164 valence electrons. The summed E-state index contributed by atoms with van der Waals surface area (Å²) in [6, 6.07) is 10.5. The number of rotatable bonds is 5. The van der Waals surface area contributed by atoms with E-state index in [1.807, 2.05) is 22.7 Å². The van der Waals surface area contributed by atoms with Gasteiger partial charge in [-0.2, -0.15) is 4.52 Å². The van der Waals surface area contributed by atoms with Gasteiger partial charge in [-0.05, 0) is 36.8 Å². The van der Waals surface area contributed by atoms with Crippen molar-refractivity contribution in [2.75, 3.05) is 37.7 Å². The van der Waals surface area contributed by atoms with Crippen molar-refractivity contribution in [3.63, 3.8) is 0 Å². The molecule has 1 atom stereocenters. The molecule has 2 aliphatic rings. The number of nitrogens with one attached hydrogen (secondary N) is 1. The first-order valence-electron chi connectivity index (χ1n) is 11.0. The average Bonchev–Trinajstić information content (AvgIpc) is 3.16. The van der Waals surface area contributed by atoms with E-state index in [1.54, 1.807) is 0 Å². The zero-order valence-corrected chi connectivity index (χ0v) is 18.6. The number of ether oxygens (including phenoxy) is 2. The first-order valence-corrected chi connectivity index (χ1v) is 11.0. The predicted molar refractivity (Wildman–Crippen MR) is 119 cm³/mol. The summed E-state index contributed by atoms with van der Waals surface area (Å²) in [5.74, 6) is 4.15. The molecule has 5 rings (SSSR count). The largest absolute Gasteiger partial charge is 0.486 e. The molecule has 3 aromatic rings. The van der Waals surface area contributed by atoms with Crippen molar-refractivity contribution in [1.29, 1.82) is 0 Å². The van der Waals surface area contributed by atoms with Gasteiger partial charge in [-0.1, -0.05) is 26.8 Å². The standard InChI is InChI=1S/C23H30N6O2/c1-15(17-5-6-18-19(11-17)31-10-9-30-18)24-12-16-13-28(14-16)21-8-7-20-25-26-22(23(2,3)4)29(20)27-21/h5-8,11,15-16,24H,9-10,12-14H2,1-4H3. The number of fused-ring (bicyclic) bond motifs is 2. The minimum atomic E-state index is -0.101. The third kappa shape index (κ3) is 3.92. The van der Waals surface area contributed by atoms with Crippen LogP contribution in [0, 0.1) is 5.92 Å². The number of anilines is 1. The van der Waals surface area contributed by atoms with Gasteiger partial charge in [0.25, 0.3) is 0 Å². The van der Waals surface area contributed by atoms with Crippen LogP contribution in [-0.4, -0.2) is 52.7 Å². The van der Waals surface area contributed by atoms with Crippen LogP contribution in [0.3, 0.4) is 0 Å². The smallest absolute Gasteiger partial charge is 0.178 e. The van der Waals surface area contributed by atoms with Gasteiger partial charge in [-0.25, -0.2) is 0 Å². The molecule has 1 fully saturated rings. The number of benzene rings is 1. The minimum Gasteiger partial charge on any atom is -0.486 e. The molecule has 4 heterocycles. The summed E-state index contributed by atoms with van der Waals surface area (Å²) < 4.78 is 13.2. The van der Waals surface area contributed by atoms with Crippen molar-refractivity contribution in [1.82, 2.24) is 25.1 Å². The Balaban J connectivity index is 1.18. The van der Waals surface area contributed by atoms with Crippen LogP contribution in [-0.2, 0) is 5.41 Å². The summed E-state index contributed by atoms with van der Waals surface area (Å²) in [6.45, 7) is 12.8. The van der Waals surface area contributed by atoms with Gasteiger partial charge in [0.15, 0.2) is 23.0 Å². The van der Waals surface area contributed by atoms with Gasteiger partial charge in [0.1, 0.15) is 19.0 Å². The van der Waals surface area contributed by atoms with E-state index < -0.39 is 0 Å². The summed E-state index contributed by atoms with van der Waals surface area (Å²) in [7, 11) is 0. The topological polar surface area (TPSA) is 76.8 Å². The molecule has 8 heteroatoms. The summed E-state index contributed by atoms with van der Waals surface area (Å²) in [5, 5.41) is 17.1. The third-order valence-electron chi connectivity index (χ3n) is 5.98. The Morgan fingerprint density at radius 3 is 2.61 bits per heavy atom. The molecule has 8 nitrogen and oxygen atoms in total. The van der Waals surface area contributed by atoms with Crippen LogP contribution in [0.25, 0.3) is 5.65 Å². The van der Waals surface area contributed by atoms with Gasteiger partial charge in [0.05, 0.1) is 0 Å². The van der Waals surface area contributed by atoms with Crippen LogP contribution >= 0.6 is 0 Å². The molecule has 2 aromatic heterocycles. The molecule has 1 saturated heterocycles. The number of hydrogen-bond acceptors (Lipinski definition) is 7. The molecular weight excluding hydrogens is 392 g/mol. The van der Waals surface area contributed by atoms with Crippen LogP contribution in [0.4, 0.5) is 5.82 Å². The highest BCUT2D eigenvalue weighted by Gasteiger charge is 2.29. The van der Waals surface area contributed by atoms with Crippen molar-refractivity contribution in [2.45, 2.75) is 39.2 Å². The Bertz CT molecular complexity index is 1080. The highest BCUT2D eigenvalue weighted by atomic mass is 16.6. The van der Waals surface area contributed by atoms with Crippen LogP contribution < -0.4 is 19.7 Å². The van der Waals surface area contributed by atoms with Gasteiger partial charge in [0.2, 0.25) is 0 Å². The first kappa shape index (κ1) is 20.1. The van der Waals surface area contributed by atoms with E-state index in [9.17, 15) is 0 Å². The summed E-state index contributed by atoms with van der Waals surface area (Å²) in [5.41, 5.74) is 1.91. The SMILES string of the molecule is CC(NCC1CN(c2ccc3nnc(C(C)(C)C)n3n2)C1)c1ccc2c(c1)OCCO2. The first-order chi connectivity index (χ1) is 14.9. The second-order valence-corrected chi connectivity index (χ2v) is 9.54. The van der Waals surface area contributed by atoms with Gasteiger partial charge in [0, 0.05) is 37.0 Å². The maximum absolute atomic E-state index is 5.71. The van der Waals surface area contributed by atoms with E-state index in [4.69, 9.17) is 14.6 Å². The summed E-state index contributed by atoms with van der Waals surface area (Å²) >= 11 is 0. The van der Waals surface area contributed by atoms with Crippen molar-refractivity contribution in [3.05, 3.63) is 41.7 Å². The molecule has 31 heavy (non-hydrogen) atoms. The van der Waals surface area contributed by atoms with Crippen LogP contribution in [0.15, 0.2) is 30.3 Å². The van der Waals surface area contributed by atoms with Crippen molar-refractivity contribution in [3.8, 4) is 11.5 Å². The van der Waals surface area contributed by atoms with Crippen molar-refractivity contribution < 1.29 is 9.47 Å². The number of nitrogens with zero attached hydrogens (tertiary/aromatic N) is 5.